The van der Waals surface area contributed by atoms with Gasteiger partial charge in [0.2, 0.25) is 0 Å². The third kappa shape index (κ3) is 4.62. The maximum atomic E-state index is 15.0. The molecule has 2 atom stereocenters. The summed E-state index contributed by atoms with van der Waals surface area (Å²) < 4.78 is 42.0. The predicted molar refractivity (Wildman–Crippen MR) is 171 cm³/mol. The van der Waals surface area contributed by atoms with Crippen LogP contribution >= 0.6 is 22.9 Å². The lowest BCUT2D eigenvalue weighted by Crippen LogP contribution is -2.43. The van der Waals surface area contributed by atoms with Gasteiger partial charge in [0, 0.05) is 36.7 Å². The standard InChI is InChI=1S/C32H27ClF2N8O2S/c33-26-23(18-2-3-22(35)28-24(18)19(9-36)29(37)46-28)20-13-44-14-21(20)25-27(26)41-31(42-30(25)38-10-16-4-6-39-40-11-16)45-15-32-5-1-7-43(32)12-17(34)8-32/h2-4,6,11,17H,1,5,7-8,10,12-15,37H2,(H,38,41,42)/t17-,32+/m1/s1. The molecule has 2 aromatic carbocycles. The van der Waals surface area contributed by atoms with Gasteiger partial charge < -0.3 is 20.5 Å². The van der Waals surface area contributed by atoms with E-state index in [4.69, 9.17) is 36.8 Å². The molecule has 234 valence electrons. The quantitative estimate of drug-likeness (QED) is 0.209. The first-order valence-corrected chi connectivity index (χ1v) is 16.1. The molecule has 5 aromatic rings. The third-order valence-electron chi connectivity index (χ3n) is 9.31. The number of benzene rings is 2. The number of aromatic nitrogens is 4. The SMILES string of the molecule is N#Cc1c(N)sc2c(F)ccc(-c3c4c(c5c(NCc6ccnnc6)nc(OC[C@@]67CCCN6C[C@H](F)C7)nc5c3Cl)COC4)c12. The summed E-state index contributed by atoms with van der Waals surface area (Å²) in [4.78, 5) is 11.8. The van der Waals surface area contributed by atoms with Gasteiger partial charge in [0.15, 0.2) is 0 Å². The molecule has 0 bridgehead atoms. The van der Waals surface area contributed by atoms with Crippen LogP contribution in [0.15, 0.2) is 30.6 Å². The first kappa shape index (κ1) is 29.2. The van der Waals surface area contributed by atoms with Crippen LogP contribution in [0.2, 0.25) is 5.02 Å². The summed E-state index contributed by atoms with van der Waals surface area (Å²) in [5, 5.41) is 22.8. The Balaban J connectivity index is 1.31. The number of nitrogen functional groups attached to an aromatic ring is 1. The average Bonchev–Trinajstić information content (AvgIpc) is 3.83. The molecule has 10 nitrogen and oxygen atoms in total. The van der Waals surface area contributed by atoms with E-state index in [0.29, 0.717) is 52.7 Å². The Morgan fingerprint density at radius 2 is 2.09 bits per heavy atom. The summed E-state index contributed by atoms with van der Waals surface area (Å²) in [5.74, 6) is 0.0175. The second kappa shape index (κ2) is 11.2. The van der Waals surface area contributed by atoms with Crippen molar-refractivity contribution in [3.8, 4) is 23.2 Å². The molecule has 46 heavy (non-hydrogen) atoms. The lowest BCUT2D eigenvalue weighted by Gasteiger charge is -2.30. The van der Waals surface area contributed by atoms with Crippen molar-refractivity contribution >= 4 is 54.7 Å². The fraction of sp³-hybridized carbons (Fsp3) is 0.344. The second-order valence-electron chi connectivity index (χ2n) is 11.9. The molecular formula is C32H27ClF2N8O2S. The molecule has 0 aliphatic carbocycles. The Hall–Kier alpha value is -4.22. The van der Waals surface area contributed by atoms with Crippen molar-refractivity contribution in [3.05, 3.63) is 63.7 Å². The Morgan fingerprint density at radius 1 is 1.22 bits per heavy atom. The lowest BCUT2D eigenvalue weighted by molar-refractivity contribution is 0.107. The number of hydrogen-bond donors (Lipinski definition) is 2. The molecule has 8 rings (SSSR count). The Bertz CT molecular complexity index is 2070. The third-order valence-corrected chi connectivity index (χ3v) is 10.7. The van der Waals surface area contributed by atoms with E-state index in [1.54, 1.807) is 18.5 Å². The molecule has 0 spiro atoms. The van der Waals surface area contributed by atoms with E-state index in [9.17, 15) is 9.65 Å². The maximum Gasteiger partial charge on any atom is 0.319 e. The Kier molecular flexibility index (Phi) is 7.13. The number of nitriles is 1. The topological polar surface area (TPSA) is 135 Å². The summed E-state index contributed by atoms with van der Waals surface area (Å²) in [6, 6.07) is 7.06. The molecule has 0 amide bonds. The number of rotatable bonds is 7. The van der Waals surface area contributed by atoms with Gasteiger partial charge in [-0.1, -0.05) is 17.7 Å². The molecular weight excluding hydrogens is 634 g/mol. The monoisotopic (exact) mass is 660 g/mol. The zero-order chi connectivity index (χ0) is 31.6. The van der Waals surface area contributed by atoms with E-state index in [0.717, 1.165) is 47.4 Å². The fourth-order valence-corrected chi connectivity index (χ4v) is 8.55. The summed E-state index contributed by atoms with van der Waals surface area (Å²) in [7, 11) is 0. The average molecular weight is 661 g/mol. The van der Waals surface area contributed by atoms with Crippen LogP contribution in [-0.4, -0.2) is 56.5 Å². The number of fused-ring (bicyclic) bond motifs is 5. The maximum absolute atomic E-state index is 15.0. The summed E-state index contributed by atoms with van der Waals surface area (Å²) >= 11 is 8.31. The van der Waals surface area contributed by atoms with Gasteiger partial charge >= 0.3 is 6.01 Å². The number of nitrogens with one attached hydrogen (secondary N) is 1. The highest BCUT2D eigenvalue weighted by Gasteiger charge is 2.49. The number of thiophene rings is 1. The number of nitrogens with zero attached hydrogens (tertiary/aromatic N) is 6. The van der Waals surface area contributed by atoms with Crippen molar-refractivity contribution in [2.24, 2.45) is 0 Å². The van der Waals surface area contributed by atoms with Gasteiger partial charge in [-0.25, -0.2) is 8.78 Å². The number of nitrogens with two attached hydrogens (primary N) is 1. The minimum Gasteiger partial charge on any atom is -0.461 e. The van der Waals surface area contributed by atoms with Crippen LogP contribution in [0, 0.1) is 17.1 Å². The summed E-state index contributed by atoms with van der Waals surface area (Å²) in [6.45, 7) is 2.37. The zero-order valence-electron chi connectivity index (χ0n) is 24.4. The van der Waals surface area contributed by atoms with E-state index in [1.807, 2.05) is 6.07 Å². The Labute approximate surface area is 271 Å². The molecule has 0 unspecified atom stereocenters. The molecule has 2 fully saturated rings. The highest BCUT2D eigenvalue weighted by atomic mass is 35.5. The number of anilines is 2. The molecule has 2 saturated heterocycles. The summed E-state index contributed by atoms with van der Waals surface area (Å²) in [5.41, 5.74) is 10.0. The van der Waals surface area contributed by atoms with Gasteiger partial charge in [-0.2, -0.15) is 25.4 Å². The van der Waals surface area contributed by atoms with Gasteiger partial charge in [0.25, 0.3) is 0 Å². The van der Waals surface area contributed by atoms with Gasteiger partial charge in [-0.15, -0.1) is 11.3 Å². The van der Waals surface area contributed by atoms with Gasteiger partial charge in [-0.05, 0) is 53.8 Å². The lowest BCUT2D eigenvalue weighted by atomic mass is 9.91. The predicted octanol–water partition coefficient (Wildman–Crippen LogP) is 6.15. The number of halogens is 3. The van der Waals surface area contributed by atoms with Crippen LogP contribution in [0.5, 0.6) is 6.01 Å². The highest BCUT2D eigenvalue weighted by Crippen LogP contribution is 2.49. The zero-order valence-corrected chi connectivity index (χ0v) is 26.0. The second-order valence-corrected chi connectivity index (χ2v) is 13.4. The van der Waals surface area contributed by atoms with Gasteiger partial charge in [0.1, 0.15) is 35.5 Å². The number of hydrogen-bond acceptors (Lipinski definition) is 11. The number of alkyl halides is 1. The molecule has 6 heterocycles. The van der Waals surface area contributed by atoms with E-state index in [1.165, 1.54) is 6.07 Å². The molecule has 14 heteroatoms. The fourth-order valence-electron chi connectivity index (χ4n) is 7.25. The van der Waals surface area contributed by atoms with Crippen molar-refractivity contribution in [1.82, 2.24) is 25.1 Å². The van der Waals surface area contributed by atoms with Gasteiger partial charge in [-0.3, -0.25) is 4.90 Å². The summed E-state index contributed by atoms with van der Waals surface area (Å²) in [6.07, 6.45) is 4.59. The number of ether oxygens (including phenoxy) is 2. The highest BCUT2D eigenvalue weighted by molar-refractivity contribution is 7.23. The van der Waals surface area contributed by atoms with E-state index >= 15 is 4.39 Å². The van der Waals surface area contributed by atoms with Crippen LogP contribution in [0.1, 0.15) is 41.5 Å². The first-order chi connectivity index (χ1) is 22.4. The minimum atomic E-state index is -0.899. The molecule has 3 N–H and O–H groups in total. The molecule has 3 aliphatic rings. The van der Waals surface area contributed by atoms with Crippen molar-refractivity contribution in [2.75, 3.05) is 30.7 Å². The minimum absolute atomic E-state index is 0.0971. The van der Waals surface area contributed by atoms with Crippen molar-refractivity contribution < 1.29 is 18.3 Å². The van der Waals surface area contributed by atoms with Crippen LogP contribution in [0.25, 0.3) is 32.1 Å². The van der Waals surface area contributed by atoms with Crippen LogP contribution in [-0.2, 0) is 24.5 Å². The molecule has 0 saturated carbocycles. The van der Waals surface area contributed by atoms with Crippen LogP contribution in [0.3, 0.4) is 0 Å². The van der Waals surface area contributed by atoms with E-state index in [-0.39, 0.29) is 46.1 Å². The largest absolute Gasteiger partial charge is 0.461 e. The molecule has 3 aromatic heterocycles. The van der Waals surface area contributed by atoms with Crippen molar-refractivity contribution in [2.45, 2.75) is 50.7 Å². The van der Waals surface area contributed by atoms with Gasteiger partial charge in [0.05, 0.1) is 51.1 Å². The van der Waals surface area contributed by atoms with Crippen LogP contribution < -0.4 is 15.8 Å². The van der Waals surface area contributed by atoms with Crippen molar-refractivity contribution in [3.63, 3.8) is 0 Å². The normalized spacial score (nSPS) is 20.7. The Morgan fingerprint density at radius 3 is 2.91 bits per heavy atom. The van der Waals surface area contributed by atoms with Crippen molar-refractivity contribution in [1.29, 1.82) is 5.26 Å². The smallest absolute Gasteiger partial charge is 0.319 e. The van der Waals surface area contributed by atoms with E-state index in [2.05, 4.69) is 26.5 Å². The van der Waals surface area contributed by atoms with Crippen LogP contribution in [0.4, 0.5) is 19.6 Å². The molecule has 3 aliphatic heterocycles. The van der Waals surface area contributed by atoms with E-state index < -0.39 is 17.5 Å². The first-order valence-electron chi connectivity index (χ1n) is 14.9. The molecule has 0 radical (unpaired) electrons.